The Morgan fingerprint density at radius 3 is 2.88 bits per heavy atom. The molecule has 16 heavy (non-hydrogen) atoms. The molecule has 1 aliphatic heterocycles. The van der Waals surface area contributed by atoms with Gasteiger partial charge in [0.1, 0.15) is 0 Å². The molecule has 0 aliphatic carbocycles. The second-order valence-electron chi connectivity index (χ2n) is 3.76. The summed E-state index contributed by atoms with van der Waals surface area (Å²) in [7, 11) is 1.55. The molecule has 1 aromatic rings. The predicted octanol–water partition coefficient (Wildman–Crippen LogP) is 1.40. The second kappa shape index (κ2) is 5.03. The van der Waals surface area contributed by atoms with E-state index < -0.39 is 0 Å². The molecule has 1 saturated heterocycles. The maximum absolute atomic E-state index is 9.71. The monoisotopic (exact) mass is 286 g/mol. The van der Waals surface area contributed by atoms with Crippen LogP contribution in [0, 0.1) is 0 Å². The van der Waals surface area contributed by atoms with Gasteiger partial charge < -0.3 is 20.5 Å². The third-order valence-corrected chi connectivity index (χ3v) is 3.32. The van der Waals surface area contributed by atoms with E-state index in [-0.39, 0.29) is 11.8 Å². The Bertz CT molecular complexity index is 378. The van der Waals surface area contributed by atoms with Crippen LogP contribution in [0.25, 0.3) is 0 Å². The highest BCUT2D eigenvalue weighted by atomic mass is 79.9. The molecule has 2 rings (SSSR count). The van der Waals surface area contributed by atoms with E-state index in [4.69, 9.17) is 4.74 Å². The van der Waals surface area contributed by atoms with Gasteiger partial charge in [-0.25, -0.2) is 0 Å². The molecular weight excluding hydrogens is 272 g/mol. The lowest BCUT2D eigenvalue weighted by atomic mass is 10.0. The summed E-state index contributed by atoms with van der Waals surface area (Å²) in [5.41, 5.74) is 1.11. The number of ether oxygens (including phenoxy) is 1. The van der Waals surface area contributed by atoms with Gasteiger partial charge in [0.2, 0.25) is 0 Å². The summed E-state index contributed by atoms with van der Waals surface area (Å²) in [5, 5.41) is 16.4. The molecular formula is C11H15BrN2O2. The van der Waals surface area contributed by atoms with Crippen LogP contribution in [0.1, 0.15) is 11.6 Å². The molecule has 3 N–H and O–H groups in total. The van der Waals surface area contributed by atoms with Crippen LogP contribution < -0.4 is 15.4 Å². The second-order valence-corrected chi connectivity index (χ2v) is 4.62. The van der Waals surface area contributed by atoms with E-state index in [1.807, 2.05) is 12.1 Å². The fourth-order valence-electron chi connectivity index (χ4n) is 1.84. The third kappa shape index (κ3) is 2.31. The minimum Gasteiger partial charge on any atom is -0.503 e. The maximum Gasteiger partial charge on any atom is 0.172 e. The van der Waals surface area contributed by atoms with E-state index in [1.54, 1.807) is 7.11 Å². The van der Waals surface area contributed by atoms with E-state index >= 15 is 0 Å². The molecule has 0 bridgehead atoms. The van der Waals surface area contributed by atoms with E-state index in [1.165, 1.54) is 0 Å². The van der Waals surface area contributed by atoms with Gasteiger partial charge in [0.25, 0.3) is 0 Å². The Kier molecular flexibility index (Phi) is 3.68. The van der Waals surface area contributed by atoms with Gasteiger partial charge in [-0.1, -0.05) is 0 Å². The fraction of sp³-hybridized carbons (Fsp3) is 0.455. The minimum atomic E-state index is 0.148. The first-order valence-corrected chi connectivity index (χ1v) is 6.02. The van der Waals surface area contributed by atoms with Crippen molar-refractivity contribution in [1.29, 1.82) is 0 Å². The molecule has 1 atom stereocenters. The lowest BCUT2D eigenvalue weighted by molar-refractivity contribution is 0.368. The minimum absolute atomic E-state index is 0.148. The highest BCUT2D eigenvalue weighted by Crippen LogP contribution is 2.36. The fourth-order valence-corrected chi connectivity index (χ4v) is 2.30. The van der Waals surface area contributed by atoms with Crippen LogP contribution in [0.4, 0.5) is 0 Å². The predicted molar refractivity (Wildman–Crippen MR) is 66.0 cm³/mol. The zero-order valence-electron chi connectivity index (χ0n) is 9.09. The quantitative estimate of drug-likeness (QED) is 0.769. The summed E-state index contributed by atoms with van der Waals surface area (Å²) in [4.78, 5) is 0. The van der Waals surface area contributed by atoms with Crippen molar-refractivity contribution in [1.82, 2.24) is 10.6 Å². The van der Waals surface area contributed by atoms with Crippen LogP contribution in [0.2, 0.25) is 0 Å². The summed E-state index contributed by atoms with van der Waals surface area (Å²) in [6, 6.07) is 4.05. The number of nitrogens with one attached hydrogen (secondary N) is 2. The largest absolute Gasteiger partial charge is 0.503 e. The van der Waals surface area contributed by atoms with Crippen LogP contribution in [0.15, 0.2) is 16.6 Å². The average Bonchev–Trinajstić information content (AvgIpc) is 2.33. The number of phenols is 1. The average molecular weight is 287 g/mol. The molecule has 0 unspecified atom stereocenters. The molecule has 1 aliphatic rings. The summed E-state index contributed by atoms with van der Waals surface area (Å²) >= 11 is 3.33. The van der Waals surface area contributed by atoms with Gasteiger partial charge in [0, 0.05) is 25.7 Å². The van der Waals surface area contributed by atoms with Crippen molar-refractivity contribution in [3.63, 3.8) is 0 Å². The van der Waals surface area contributed by atoms with Crippen molar-refractivity contribution in [2.45, 2.75) is 6.04 Å². The van der Waals surface area contributed by atoms with Crippen molar-refractivity contribution >= 4 is 15.9 Å². The Morgan fingerprint density at radius 2 is 2.25 bits per heavy atom. The van der Waals surface area contributed by atoms with Crippen LogP contribution >= 0.6 is 15.9 Å². The molecule has 1 heterocycles. The number of rotatable bonds is 2. The van der Waals surface area contributed by atoms with Crippen LogP contribution in [-0.4, -0.2) is 31.9 Å². The lowest BCUT2D eigenvalue weighted by Crippen LogP contribution is -2.42. The topological polar surface area (TPSA) is 53.5 Å². The molecule has 0 radical (unpaired) electrons. The molecule has 4 nitrogen and oxygen atoms in total. The first-order chi connectivity index (χ1) is 7.72. The van der Waals surface area contributed by atoms with Crippen molar-refractivity contribution in [2.75, 3.05) is 26.7 Å². The molecule has 88 valence electrons. The van der Waals surface area contributed by atoms with Crippen molar-refractivity contribution < 1.29 is 9.84 Å². The highest BCUT2D eigenvalue weighted by Gasteiger charge is 2.17. The van der Waals surface area contributed by atoms with Crippen LogP contribution in [0.3, 0.4) is 0 Å². The number of benzene rings is 1. The molecule has 0 amide bonds. The first-order valence-electron chi connectivity index (χ1n) is 5.23. The maximum atomic E-state index is 9.71. The van der Waals surface area contributed by atoms with Crippen molar-refractivity contribution in [3.05, 3.63) is 22.2 Å². The number of piperazine rings is 1. The smallest absolute Gasteiger partial charge is 0.172 e. The van der Waals surface area contributed by atoms with Gasteiger partial charge >= 0.3 is 0 Å². The molecule has 1 fully saturated rings. The highest BCUT2D eigenvalue weighted by molar-refractivity contribution is 9.10. The third-order valence-electron chi connectivity index (χ3n) is 2.71. The first kappa shape index (κ1) is 11.7. The van der Waals surface area contributed by atoms with E-state index in [0.29, 0.717) is 10.2 Å². The SMILES string of the molecule is COc1cc([C@H]2CNCCN2)cc(Br)c1O. The van der Waals surface area contributed by atoms with Gasteiger partial charge in [-0.15, -0.1) is 0 Å². The number of phenolic OH excluding ortho intramolecular Hbond substituents is 1. The van der Waals surface area contributed by atoms with E-state index in [2.05, 4.69) is 26.6 Å². The Balaban J connectivity index is 2.29. The molecule has 0 spiro atoms. The molecule has 0 aromatic heterocycles. The van der Waals surface area contributed by atoms with Crippen LogP contribution in [0.5, 0.6) is 11.5 Å². The van der Waals surface area contributed by atoms with Gasteiger partial charge in [-0.3, -0.25) is 0 Å². The number of halogens is 1. The molecule has 1 aromatic carbocycles. The lowest BCUT2D eigenvalue weighted by Gasteiger charge is -2.25. The zero-order chi connectivity index (χ0) is 11.5. The molecule has 0 saturated carbocycles. The number of methoxy groups -OCH3 is 1. The van der Waals surface area contributed by atoms with Gasteiger partial charge in [-0.05, 0) is 33.6 Å². The summed E-state index contributed by atoms with van der Waals surface area (Å²) in [6.45, 7) is 2.83. The number of aromatic hydroxyl groups is 1. The van der Waals surface area contributed by atoms with E-state index in [9.17, 15) is 5.11 Å². The summed E-state index contributed by atoms with van der Waals surface area (Å²) in [6.07, 6.45) is 0. The standard InChI is InChI=1S/C11H15BrN2O2/c1-16-10-5-7(4-8(12)11(10)15)9-6-13-2-3-14-9/h4-5,9,13-15H,2-3,6H2,1H3/t9-/m1/s1. The van der Waals surface area contributed by atoms with Gasteiger partial charge in [0.05, 0.1) is 11.6 Å². The Morgan fingerprint density at radius 1 is 1.44 bits per heavy atom. The van der Waals surface area contributed by atoms with Gasteiger partial charge in [-0.2, -0.15) is 0 Å². The Labute approximate surface area is 103 Å². The van der Waals surface area contributed by atoms with E-state index in [0.717, 1.165) is 25.2 Å². The van der Waals surface area contributed by atoms with Crippen LogP contribution in [-0.2, 0) is 0 Å². The zero-order valence-corrected chi connectivity index (χ0v) is 10.7. The Hall–Kier alpha value is -0.780. The van der Waals surface area contributed by atoms with Crippen molar-refractivity contribution in [2.24, 2.45) is 0 Å². The summed E-state index contributed by atoms with van der Waals surface area (Å²) < 4.78 is 5.79. The number of hydrogen-bond donors (Lipinski definition) is 3. The van der Waals surface area contributed by atoms with Crippen molar-refractivity contribution in [3.8, 4) is 11.5 Å². The normalized spacial score (nSPS) is 20.8. The van der Waals surface area contributed by atoms with Gasteiger partial charge in [0.15, 0.2) is 11.5 Å². The number of hydrogen-bond acceptors (Lipinski definition) is 4. The summed E-state index contributed by atoms with van der Waals surface area (Å²) in [5.74, 6) is 0.645. The molecule has 5 heteroatoms.